The van der Waals surface area contributed by atoms with Crippen LogP contribution in [0.15, 0.2) is 30.3 Å². The van der Waals surface area contributed by atoms with Gasteiger partial charge in [0.2, 0.25) is 0 Å². The molecule has 2 saturated heterocycles. The van der Waals surface area contributed by atoms with E-state index in [4.69, 9.17) is 9.84 Å². The van der Waals surface area contributed by atoms with Crippen molar-refractivity contribution in [1.29, 1.82) is 0 Å². The fourth-order valence-electron chi connectivity index (χ4n) is 3.12. The normalized spacial score (nSPS) is 34.9. The first-order valence-electron chi connectivity index (χ1n) is 6.31. The predicted molar refractivity (Wildman–Crippen MR) is 66.2 cm³/mol. The van der Waals surface area contributed by atoms with Crippen LogP contribution in [0.2, 0.25) is 0 Å². The number of carboxylic acids is 1. The highest BCUT2D eigenvalue weighted by atomic mass is 16.6. The lowest BCUT2D eigenvalue weighted by Gasteiger charge is -2.34. The first-order chi connectivity index (χ1) is 8.99. The number of aliphatic carboxylic acids is 1. The van der Waals surface area contributed by atoms with Gasteiger partial charge in [0.25, 0.3) is 0 Å². The van der Waals surface area contributed by atoms with Gasteiger partial charge in [-0.15, -0.1) is 0 Å². The van der Waals surface area contributed by atoms with Crippen LogP contribution in [0.25, 0.3) is 0 Å². The number of rotatable bonds is 3. The molecule has 1 aromatic carbocycles. The lowest BCUT2D eigenvalue weighted by atomic mass is 9.86. The van der Waals surface area contributed by atoms with Gasteiger partial charge in [-0.2, -0.15) is 4.79 Å². The third-order valence-electron chi connectivity index (χ3n) is 4.56. The van der Waals surface area contributed by atoms with Crippen LogP contribution in [-0.2, 0) is 16.1 Å². The molecule has 100 valence electrons. The average Bonchev–Trinajstić information content (AvgIpc) is 2.86. The van der Waals surface area contributed by atoms with E-state index in [1.54, 1.807) is 0 Å². The summed E-state index contributed by atoms with van der Waals surface area (Å²) in [4.78, 5) is 23.1. The topological polar surface area (TPSA) is 63.6 Å². The number of carbonyl (C=O) groups excluding carboxylic acids is 1. The molecule has 3 unspecified atom stereocenters. The molecule has 2 aliphatic heterocycles. The third-order valence-corrected chi connectivity index (χ3v) is 4.56. The lowest BCUT2D eigenvalue weighted by molar-refractivity contribution is -0.802. The lowest BCUT2D eigenvalue weighted by Crippen LogP contribution is -2.60. The van der Waals surface area contributed by atoms with Crippen LogP contribution in [0.3, 0.4) is 0 Å². The zero-order valence-corrected chi connectivity index (χ0v) is 10.7. The van der Waals surface area contributed by atoms with Crippen molar-refractivity contribution in [1.82, 2.24) is 0 Å². The van der Waals surface area contributed by atoms with Gasteiger partial charge in [0.05, 0.1) is 0 Å². The molecule has 1 N–H and O–H groups in total. The van der Waals surface area contributed by atoms with E-state index in [9.17, 15) is 9.59 Å². The molecule has 3 rings (SSSR count). The van der Waals surface area contributed by atoms with E-state index in [-0.39, 0.29) is 17.2 Å². The smallest absolute Gasteiger partial charge is 0.481 e. The van der Waals surface area contributed by atoms with E-state index in [0.29, 0.717) is 13.1 Å². The molecule has 0 aromatic heterocycles. The number of ether oxygens (including phenoxy) is 1. The Hall–Kier alpha value is -1.88. The second-order valence-corrected chi connectivity index (χ2v) is 5.60. The summed E-state index contributed by atoms with van der Waals surface area (Å²) in [5.41, 5.74) is 0.493. The third kappa shape index (κ3) is 1.58. The Morgan fingerprint density at radius 1 is 1.42 bits per heavy atom. The van der Waals surface area contributed by atoms with Gasteiger partial charge in [-0.3, -0.25) is 4.79 Å². The van der Waals surface area contributed by atoms with Crippen molar-refractivity contribution >= 4 is 12.1 Å². The van der Waals surface area contributed by atoms with Gasteiger partial charge < -0.3 is 9.84 Å². The molecule has 1 amide bonds. The Morgan fingerprint density at radius 2 is 2.11 bits per heavy atom. The number of hydrogen-bond acceptors (Lipinski definition) is 3. The number of nitrogens with zero attached hydrogens (tertiary/aromatic N) is 1. The van der Waals surface area contributed by atoms with Crippen LogP contribution in [0, 0.1) is 5.92 Å². The summed E-state index contributed by atoms with van der Waals surface area (Å²) in [6.45, 7) is 3.03. The number of amides is 1. The van der Waals surface area contributed by atoms with Gasteiger partial charge in [0, 0.05) is 0 Å². The highest BCUT2D eigenvalue weighted by molar-refractivity contribution is 5.77. The molecule has 0 aliphatic carbocycles. The van der Waals surface area contributed by atoms with E-state index in [1.807, 2.05) is 37.3 Å². The summed E-state index contributed by atoms with van der Waals surface area (Å²) in [5.74, 6) is -1.23. The molecule has 2 fully saturated rings. The summed E-state index contributed by atoms with van der Waals surface area (Å²) >= 11 is 0. The quantitative estimate of drug-likeness (QED) is 0.664. The summed E-state index contributed by atoms with van der Waals surface area (Å²) in [7, 11) is 0. The SMILES string of the molecule is CC12C[N+]1(C(=O)OCc1ccccc1)CC2C(=O)O. The first kappa shape index (κ1) is 12.2. The molecule has 0 spiro atoms. The molecular formula is C14H16NO4+. The van der Waals surface area contributed by atoms with Crippen molar-refractivity contribution < 1.29 is 23.9 Å². The number of benzene rings is 1. The predicted octanol–water partition coefficient (Wildman–Crippen LogP) is 1.63. The van der Waals surface area contributed by atoms with Crippen LogP contribution in [0.4, 0.5) is 4.79 Å². The summed E-state index contributed by atoms with van der Waals surface area (Å²) < 4.78 is 5.49. The van der Waals surface area contributed by atoms with E-state index in [2.05, 4.69) is 0 Å². The molecule has 1 aromatic rings. The van der Waals surface area contributed by atoms with E-state index in [0.717, 1.165) is 5.56 Å². The number of carbonyl (C=O) groups is 2. The second-order valence-electron chi connectivity index (χ2n) is 5.60. The highest BCUT2D eigenvalue weighted by Crippen LogP contribution is 2.59. The number of fused-ring (bicyclic) bond motifs is 1. The molecule has 0 saturated carbocycles. The Kier molecular flexibility index (Phi) is 2.44. The minimum Gasteiger partial charge on any atom is -0.481 e. The van der Waals surface area contributed by atoms with Crippen molar-refractivity contribution in [3.05, 3.63) is 35.9 Å². The summed E-state index contributed by atoms with van der Waals surface area (Å²) in [5, 5.41) is 9.04. The van der Waals surface area contributed by atoms with Crippen molar-refractivity contribution in [3.8, 4) is 0 Å². The van der Waals surface area contributed by atoms with Gasteiger partial charge in [-0.25, -0.2) is 4.48 Å². The standard InChI is InChI=1S/C14H15NO4/c1-14-9-15(14,7-11(14)12(16)17)13(18)19-8-10-5-3-2-4-6-10/h2-6,11H,7-9H2,1H3/p+1. The van der Waals surface area contributed by atoms with E-state index >= 15 is 0 Å². The van der Waals surface area contributed by atoms with Crippen molar-refractivity contribution in [2.45, 2.75) is 19.1 Å². The van der Waals surface area contributed by atoms with Crippen molar-refractivity contribution in [2.24, 2.45) is 5.92 Å². The molecule has 5 heteroatoms. The Bertz CT molecular complexity index is 544. The number of quaternary nitrogens is 1. The molecule has 0 radical (unpaired) electrons. The monoisotopic (exact) mass is 262 g/mol. The van der Waals surface area contributed by atoms with E-state index < -0.39 is 17.4 Å². The Labute approximate surface area is 111 Å². The zero-order chi connectivity index (χ0) is 13.7. The van der Waals surface area contributed by atoms with Crippen molar-refractivity contribution in [2.75, 3.05) is 13.1 Å². The molecule has 5 nitrogen and oxygen atoms in total. The van der Waals surface area contributed by atoms with E-state index in [1.165, 1.54) is 0 Å². The molecule has 0 bridgehead atoms. The van der Waals surface area contributed by atoms with Gasteiger partial charge in [-0.05, 0) is 12.5 Å². The molecular weight excluding hydrogens is 246 g/mol. The minimum absolute atomic E-state index is 0.177. The second kappa shape index (κ2) is 3.81. The first-order valence-corrected chi connectivity index (χ1v) is 6.31. The van der Waals surface area contributed by atoms with Gasteiger partial charge in [-0.1, -0.05) is 30.3 Å². The Morgan fingerprint density at radius 3 is 2.68 bits per heavy atom. The van der Waals surface area contributed by atoms with Crippen LogP contribution in [-0.4, -0.2) is 40.3 Å². The zero-order valence-electron chi connectivity index (χ0n) is 10.7. The maximum atomic E-state index is 12.1. The Balaban J connectivity index is 1.61. The summed E-state index contributed by atoms with van der Waals surface area (Å²) in [6, 6.07) is 9.47. The largest absolute Gasteiger partial charge is 0.517 e. The van der Waals surface area contributed by atoms with Crippen LogP contribution >= 0.6 is 0 Å². The molecule has 19 heavy (non-hydrogen) atoms. The fraction of sp³-hybridized carbons (Fsp3) is 0.429. The fourth-order valence-corrected chi connectivity index (χ4v) is 3.12. The van der Waals surface area contributed by atoms with Crippen molar-refractivity contribution in [3.63, 3.8) is 0 Å². The number of hydrogen-bond donors (Lipinski definition) is 1. The molecule has 3 atom stereocenters. The maximum Gasteiger partial charge on any atom is 0.517 e. The minimum atomic E-state index is -0.815. The summed E-state index contributed by atoms with van der Waals surface area (Å²) in [6.07, 6.45) is -0.302. The van der Waals surface area contributed by atoms with Gasteiger partial charge >= 0.3 is 12.1 Å². The maximum absolute atomic E-state index is 12.1. The van der Waals surface area contributed by atoms with Crippen LogP contribution < -0.4 is 0 Å². The van der Waals surface area contributed by atoms with Crippen LogP contribution in [0.1, 0.15) is 12.5 Å². The molecule has 2 aliphatic rings. The van der Waals surface area contributed by atoms with Crippen LogP contribution in [0.5, 0.6) is 0 Å². The average molecular weight is 262 g/mol. The number of carboxylic acid groups (broad SMARTS) is 1. The van der Waals surface area contributed by atoms with Gasteiger partial charge in [0.1, 0.15) is 19.7 Å². The highest BCUT2D eigenvalue weighted by Gasteiger charge is 2.87. The van der Waals surface area contributed by atoms with Gasteiger partial charge in [0.15, 0.2) is 11.5 Å². The molecule has 2 heterocycles.